The highest BCUT2D eigenvalue weighted by Crippen LogP contribution is 2.24. The van der Waals surface area contributed by atoms with E-state index in [1.807, 2.05) is 42.1 Å². The molecule has 0 radical (unpaired) electrons. The molecule has 8 heteroatoms. The standard InChI is InChI=1S/C21H23N3O4S/c1-24-12-11-22-20(24)19(17-5-4-6-18(13-17)28-2)23-21(25)16-9-7-15(8-10-16)14-29(3,26)27/h4-13,19H,14H2,1-3H3,(H,23,25). The first-order chi connectivity index (χ1) is 13.8. The SMILES string of the molecule is COc1cccc(C(NC(=O)c2ccc(CS(C)(=O)=O)cc2)c2nccn2C)c1. The van der Waals surface area contributed by atoms with Crippen LogP contribution in [0.15, 0.2) is 60.9 Å². The van der Waals surface area contributed by atoms with Crippen molar-refractivity contribution in [1.82, 2.24) is 14.9 Å². The van der Waals surface area contributed by atoms with E-state index >= 15 is 0 Å². The molecule has 29 heavy (non-hydrogen) atoms. The van der Waals surface area contributed by atoms with E-state index in [0.29, 0.717) is 22.7 Å². The predicted octanol–water partition coefficient (Wildman–Crippen LogP) is 2.49. The van der Waals surface area contributed by atoms with E-state index in [1.165, 1.54) is 6.26 Å². The van der Waals surface area contributed by atoms with E-state index in [1.54, 1.807) is 37.6 Å². The second-order valence-corrected chi connectivity index (χ2v) is 8.99. The van der Waals surface area contributed by atoms with Gasteiger partial charge in [-0.3, -0.25) is 4.79 Å². The normalized spacial score (nSPS) is 12.4. The van der Waals surface area contributed by atoms with Crippen molar-refractivity contribution in [2.45, 2.75) is 11.8 Å². The minimum absolute atomic E-state index is 0.0609. The molecule has 3 aromatic rings. The third-order valence-electron chi connectivity index (χ3n) is 4.46. The molecule has 1 aromatic heterocycles. The highest BCUT2D eigenvalue weighted by molar-refractivity contribution is 7.89. The van der Waals surface area contributed by atoms with Gasteiger partial charge >= 0.3 is 0 Å². The van der Waals surface area contributed by atoms with Gasteiger partial charge in [-0.05, 0) is 35.4 Å². The first kappa shape index (κ1) is 20.6. The fraction of sp³-hybridized carbons (Fsp3) is 0.238. The third kappa shape index (κ3) is 5.23. The summed E-state index contributed by atoms with van der Waals surface area (Å²) in [7, 11) is 0.322. The molecule has 0 aliphatic carbocycles. The van der Waals surface area contributed by atoms with Crippen molar-refractivity contribution in [2.75, 3.05) is 13.4 Å². The zero-order valence-corrected chi connectivity index (χ0v) is 17.3. The van der Waals surface area contributed by atoms with Crippen molar-refractivity contribution >= 4 is 15.7 Å². The van der Waals surface area contributed by atoms with Gasteiger partial charge in [0.2, 0.25) is 0 Å². The second kappa shape index (κ2) is 8.48. The summed E-state index contributed by atoms with van der Waals surface area (Å²) in [6.07, 6.45) is 4.67. The number of hydrogen-bond acceptors (Lipinski definition) is 5. The van der Waals surface area contributed by atoms with Crippen LogP contribution in [0.25, 0.3) is 0 Å². The van der Waals surface area contributed by atoms with Gasteiger partial charge in [0.25, 0.3) is 5.91 Å². The van der Waals surface area contributed by atoms with Crippen molar-refractivity contribution < 1.29 is 17.9 Å². The number of carbonyl (C=O) groups is 1. The largest absolute Gasteiger partial charge is 0.497 e. The highest BCUT2D eigenvalue weighted by Gasteiger charge is 2.22. The van der Waals surface area contributed by atoms with Gasteiger partial charge in [0.1, 0.15) is 17.6 Å². The number of benzene rings is 2. The van der Waals surface area contributed by atoms with Crippen molar-refractivity contribution in [3.8, 4) is 5.75 Å². The Kier molecular flexibility index (Phi) is 6.03. The summed E-state index contributed by atoms with van der Waals surface area (Å²) in [4.78, 5) is 17.3. The average Bonchev–Trinajstić information content (AvgIpc) is 3.11. The number of nitrogens with zero attached hydrogens (tertiary/aromatic N) is 2. The summed E-state index contributed by atoms with van der Waals surface area (Å²) in [5.41, 5.74) is 1.91. The van der Waals surface area contributed by atoms with E-state index in [0.717, 1.165) is 5.56 Å². The van der Waals surface area contributed by atoms with Crippen LogP contribution >= 0.6 is 0 Å². The van der Waals surface area contributed by atoms with Gasteiger partial charge < -0.3 is 14.6 Å². The Labute approximate surface area is 170 Å². The minimum Gasteiger partial charge on any atom is -0.497 e. The number of nitrogens with one attached hydrogen (secondary N) is 1. The summed E-state index contributed by atoms with van der Waals surface area (Å²) in [6.45, 7) is 0. The van der Waals surface area contributed by atoms with Crippen molar-refractivity contribution in [3.05, 3.63) is 83.4 Å². The Morgan fingerprint density at radius 3 is 2.52 bits per heavy atom. The summed E-state index contributed by atoms with van der Waals surface area (Å²) >= 11 is 0. The molecule has 0 spiro atoms. The van der Waals surface area contributed by atoms with Crippen molar-refractivity contribution in [2.24, 2.45) is 7.05 Å². The number of methoxy groups -OCH3 is 1. The van der Waals surface area contributed by atoms with Crippen LogP contribution in [0.4, 0.5) is 0 Å². The second-order valence-electron chi connectivity index (χ2n) is 6.85. The van der Waals surface area contributed by atoms with E-state index in [-0.39, 0.29) is 11.7 Å². The molecule has 0 aliphatic heterocycles. The molecule has 0 bridgehead atoms. The maximum Gasteiger partial charge on any atom is 0.252 e. The first-order valence-corrected chi connectivity index (χ1v) is 11.0. The van der Waals surface area contributed by atoms with Gasteiger partial charge in [-0.2, -0.15) is 0 Å². The fourth-order valence-electron chi connectivity index (χ4n) is 3.04. The minimum atomic E-state index is -3.13. The highest BCUT2D eigenvalue weighted by atomic mass is 32.2. The van der Waals surface area contributed by atoms with Crippen LogP contribution in [-0.4, -0.2) is 37.2 Å². The van der Waals surface area contributed by atoms with Crippen LogP contribution in [0.3, 0.4) is 0 Å². The molecule has 0 saturated heterocycles. The van der Waals surface area contributed by atoms with Crippen LogP contribution < -0.4 is 10.1 Å². The Morgan fingerprint density at radius 1 is 1.21 bits per heavy atom. The number of amides is 1. The monoisotopic (exact) mass is 413 g/mol. The number of sulfone groups is 1. The summed E-state index contributed by atoms with van der Waals surface area (Å²) in [6, 6.07) is 13.5. The van der Waals surface area contributed by atoms with Gasteiger partial charge in [-0.25, -0.2) is 13.4 Å². The van der Waals surface area contributed by atoms with Gasteiger partial charge in [0.05, 0.1) is 12.9 Å². The zero-order valence-electron chi connectivity index (χ0n) is 16.5. The smallest absolute Gasteiger partial charge is 0.252 e. The van der Waals surface area contributed by atoms with E-state index in [9.17, 15) is 13.2 Å². The predicted molar refractivity (Wildman–Crippen MR) is 111 cm³/mol. The Balaban J connectivity index is 1.88. The molecular weight excluding hydrogens is 390 g/mol. The number of ether oxygens (including phenoxy) is 1. The number of aromatic nitrogens is 2. The Bertz CT molecular complexity index is 1100. The lowest BCUT2D eigenvalue weighted by molar-refractivity contribution is 0.0941. The number of hydrogen-bond donors (Lipinski definition) is 1. The lowest BCUT2D eigenvalue weighted by atomic mass is 10.0. The third-order valence-corrected chi connectivity index (χ3v) is 5.32. The molecule has 1 N–H and O–H groups in total. The van der Waals surface area contributed by atoms with Crippen molar-refractivity contribution in [1.29, 1.82) is 0 Å². The number of carbonyl (C=O) groups excluding carboxylic acids is 1. The van der Waals surface area contributed by atoms with Crippen LogP contribution in [0.1, 0.15) is 33.4 Å². The van der Waals surface area contributed by atoms with E-state index < -0.39 is 15.9 Å². The van der Waals surface area contributed by atoms with Gasteiger partial charge in [0.15, 0.2) is 9.84 Å². The lowest BCUT2D eigenvalue weighted by Gasteiger charge is -2.20. The molecule has 1 heterocycles. The average molecular weight is 413 g/mol. The van der Waals surface area contributed by atoms with E-state index in [2.05, 4.69) is 10.3 Å². The Hall–Kier alpha value is -3.13. The molecule has 2 aromatic carbocycles. The van der Waals surface area contributed by atoms with Gasteiger partial charge in [-0.15, -0.1) is 0 Å². The van der Waals surface area contributed by atoms with Gasteiger partial charge in [0, 0.05) is 31.3 Å². The summed E-state index contributed by atoms with van der Waals surface area (Å²) in [5.74, 6) is 1.02. The van der Waals surface area contributed by atoms with Crippen LogP contribution in [0.2, 0.25) is 0 Å². The topological polar surface area (TPSA) is 90.3 Å². The molecule has 152 valence electrons. The maximum absolute atomic E-state index is 12.9. The number of rotatable bonds is 7. The van der Waals surface area contributed by atoms with Crippen LogP contribution in [0, 0.1) is 0 Å². The maximum atomic E-state index is 12.9. The van der Waals surface area contributed by atoms with E-state index in [4.69, 9.17) is 4.74 Å². The summed E-state index contributed by atoms with van der Waals surface area (Å²) in [5, 5.41) is 3.02. The fourth-order valence-corrected chi connectivity index (χ4v) is 3.84. The van der Waals surface area contributed by atoms with Gasteiger partial charge in [-0.1, -0.05) is 24.3 Å². The lowest BCUT2D eigenvalue weighted by Crippen LogP contribution is -2.31. The van der Waals surface area contributed by atoms with Crippen LogP contribution in [-0.2, 0) is 22.6 Å². The zero-order chi connectivity index (χ0) is 21.0. The molecule has 1 atom stereocenters. The molecule has 0 fully saturated rings. The molecule has 7 nitrogen and oxygen atoms in total. The van der Waals surface area contributed by atoms with Crippen molar-refractivity contribution in [3.63, 3.8) is 0 Å². The Morgan fingerprint density at radius 2 is 1.93 bits per heavy atom. The molecule has 1 amide bonds. The number of imidazole rings is 1. The molecular formula is C21H23N3O4S. The summed E-state index contributed by atoms with van der Waals surface area (Å²) < 4.78 is 30.0. The molecule has 1 unspecified atom stereocenters. The quantitative estimate of drug-likeness (QED) is 0.643. The molecule has 0 saturated carbocycles. The first-order valence-electron chi connectivity index (χ1n) is 8.95. The van der Waals surface area contributed by atoms with Crippen LogP contribution in [0.5, 0.6) is 5.75 Å². The number of aryl methyl sites for hydroxylation is 1. The molecule has 0 aliphatic rings. The molecule has 3 rings (SSSR count).